The van der Waals surface area contributed by atoms with Gasteiger partial charge in [0, 0.05) is 34.8 Å². The van der Waals surface area contributed by atoms with Crippen LogP contribution in [0.1, 0.15) is 32.7 Å². The molecule has 3 N–H and O–H groups in total. The number of ether oxygens (including phenoxy) is 1. The monoisotopic (exact) mass is 463 g/mol. The average Bonchev–Trinajstić information content (AvgIpc) is 3.17. The molecule has 2 heterocycles. The van der Waals surface area contributed by atoms with Crippen LogP contribution >= 0.6 is 12.4 Å². The van der Waals surface area contributed by atoms with Gasteiger partial charge in [-0.15, -0.1) is 12.4 Å². The molecule has 5 rings (SSSR count). The van der Waals surface area contributed by atoms with Crippen molar-refractivity contribution in [3.8, 4) is 17.0 Å². The zero-order valence-corrected chi connectivity index (χ0v) is 18.5. The van der Waals surface area contributed by atoms with Crippen LogP contribution in [0.2, 0.25) is 0 Å². The van der Waals surface area contributed by atoms with Gasteiger partial charge in [0.1, 0.15) is 18.7 Å². The van der Waals surface area contributed by atoms with Crippen LogP contribution in [0.3, 0.4) is 0 Å². The van der Waals surface area contributed by atoms with Gasteiger partial charge in [-0.3, -0.25) is 4.68 Å². The van der Waals surface area contributed by atoms with E-state index in [4.69, 9.17) is 10.5 Å². The summed E-state index contributed by atoms with van der Waals surface area (Å²) >= 11 is 0. The topological polar surface area (TPSA) is 116 Å². The molecule has 8 nitrogen and oxygen atoms in total. The molecule has 0 saturated carbocycles. The van der Waals surface area contributed by atoms with E-state index in [2.05, 4.69) is 15.1 Å². The molecule has 4 aromatic rings. The van der Waals surface area contributed by atoms with Crippen LogP contribution in [-0.2, 0) is 26.0 Å². The standard InChI is InChI=1S/C24H21N5O3.ClH/c25-18-3-1-2-15(8-18)12-29-23-20-7-5-19(32-13-16-10-26-14-27-11-16)9-17(20)4-6-21(23)22(28-29)24(30)31;/h1-3,5,7-11,14H,4,6,12-13,25H2,(H,30,31);1H. The quantitative estimate of drug-likeness (QED) is 0.418. The number of carbonyl (C=O) groups is 1. The molecule has 0 fully saturated rings. The molecular weight excluding hydrogens is 442 g/mol. The first-order chi connectivity index (χ1) is 15.6. The fraction of sp³-hybridized carbons (Fsp3) is 0.167. The van der Waals surface area contributed by atoms with E-state index in [1.165, 1.54) is 6.33 Å². The molecular formula is C24H22ClN5O3. The second kappa shape index (κ2) is 9.30. The highest BCUT2D eigenvalue weighted by atomic mass is 35.5. The minimum atomic E-state index is -1.01. The van der Waals surface area contributed by atoms with Crippen molar-refractivity contribution in [2.24, 2.45) is 0 Å². The third-order valence-electron chi connectivity index (χ3n) is 5.53. The predicted molar refractivity (Wildman–Crippen MR) is 126 cm³/mol. The number of fused-ring (bicyclic) bond motifs is 3. The molecule has 33 heavy (non-hydrogen) atoms. The van der Waals surface area contributed by atoms with E-state index in [9.17, 15) is 9.90 Å². The van der Waals surface area contributed by atoms with Crippen molar-refractivity contribution < 1.29 is 14.6 Å². The first kappa shape index (κ1) is 22.3. The number of aromatic carboxylic acids is 1. The molecule has 0 spiro atoms. The van der Waals surface area contributed by atoms with Gasteiger partial charge in [-0.05, 0) is 54.3 Å². The molecule has 1 aliphatic rings. The summed E-state index contributed by atoms with van der Waals surface area (Å²) in [6.45, 7) is 0.813. The highest BCUT2D eigenvalue weighted by Crippen LogP contribution is 2.37. The largest absolute Gasteiger partial charge is 0.489 e. The maximum Gasteiger partial charge on any atom is 0.356 e. The fourth-order valence-corrected chi connectivity index (χ4v) is 4.12. The van der Waals surface area contributed by atoms with Gasteiger partial charge in [-0.25, -0.2) is 14.8 Å². The summed E-state index contributed by atoms with van der Waals surface area (Å²) in [5.41, 5.74) is 12.2. The maximum absolute atomic E-state index is 11.9. The normalized spacial score (nSPS) is 11.8. The summed E-state index contributed by atoms with van der Waals surface area (Å²) < 4.78 is 7.69. The van der Waals surface area contributed by atoms with E-state index in [0.29, 0.717) is 25.3 Å². The Kier molecular flexibility index (Phi) is 6.28. The lowest BCUT2D eigenvalue weighted by Crippen LogP contribution is -2.10. The summed E-state index contributed by atoms with van der Waals surface area (Å²) in [4.78, 5) is 19.9. The Morgan fingerprint density at radius 3 is 2.67 bits per heavy atom. The Hall–Kier alpha value is -3.91. The molecule has 9 heteroatoms. The van der Waals surface area contributed by atoms with Gasteiger partial charge in [-0.2, -0.15) is 5.10 Å². The minimum Gasteiger partial charge on any atom is -0.489 e. The van der Waals surface area contributed by atoms with E-state index < -0.39 is 5.97 Å². The van der Waals surface area contributed by atoms with Crippen molar-refractivity contribution in [3.05, 3.63) is 89.1 Å². The second-order valence-electron chi connectivity index (χ2n) is 7.74. The molecule has 0 aliphatic heterocycles. The lowest BCUT2D eigenvalue weighted by Gasteiger charge is -2.20. The number of carboxylic acid groups (broad SMARTS) is 1. The van der Waals surface area contributed by atoms with Crippen LogP contribution in [0.5, 0.6) is 5.75 Å². The number of nitrogens with zero attached hydrogens (tertiary/aromatic N) is 4. The van der Waals surface area contributed by atoms with E-state index >= 15 is 0 Å². The summed E-state index contributed by atoms with van der Waals surface area (Å²) in [6.07, 6.45) is 6.26. The molecule has 0 radical (unpaired) electrons. The molecule has 0 saturated heterocycles. The third-order valence-corrected chi connectivity index (χ3v) is 5.53. The van der Waals surface area contributed by atoms with Crippen molar-refractivity contribution in [3.63, 3.8) is 0 Å². The van der Waals surface area contributed by atoms with Crippen LogP contribution in [0.25, 0.3) is 11.3 Å². The highest BCUT2D eigenvalue weighted by Gasteiger charge is 2.28. The first-order valence-electron chi connectivity index (χ1n) is 10.3. The van der Waals surface area contributed by atoms with Crippen LogP contribution in [0.4, 0.5) is 5.69 Å². The van der Waals surface area contributed by atoms with Crippen LogP contribution in [-0.4, -0.2) is 30.8 Å². The van der Waals surface area contributed by atoms with Crippen molar-refractivity contribution in [1.29, 1.82) is 0 Å². The lowest BCUT2D eigenvalue weighted by molar-refractivity contribution is 0.0688. The van der Waals surface area contributed by atoms with Crippen LogP contribution < -0.4 is 10.5 Å². The van der Waals surface area contributed by atoms with E-state index in [0.717, 1.165) is 45.7 Å². The number of aromatic nitrogens is 4. The minimum absolute atomic E-state index is 0. The highest BCUT2D eigenvalue weighted by molar-refractivity contribution is 5.90. The summed E-state index contributed by atoms with van der Waals surface area (Å²) in [7, 11) is 0. The number of nitrogen functional groups attached to an aromatic ring is 1. The van der Waals surface area contributed by atoms with Gasteiger partial charge in [0.2, 0.25) is 0 Å². The van der Waals surface area contributed by atoms with E-state index in [1.807, 2.05) is 42.5 Å². The predicted octanol–water partition coefficient (Wildman–Crippen LogP) is 3.77. The summed E-state index contributed by atoms with van der Waals surface area (Å²) in [5, 5.41) is 14.2. The van der Waals surface area contributed by atoms with E-state index in [-0.39, 0.29) is 18.1 Å². The zero-order chi connectivity index (χ0) is 22.1. The smallest absolute Gasteiger partial charge is 0.356 e. The van der Waals surface area contributed by atoms with Gasteiger partial charge in [0.05, 0.1) is 12.2 Å². The fourth-order valence-electron chi connectivity index (χ4n) is 4.12. The Balaban J connectivity index is 0.00000259. The van der Waals surface area contributed by atoms with E-state index in [1.54, 1.807) is 17.1 Å². The Morgan fingerprint density at radius 1 is 1.09 bits per heavy atom. The van der Waals surface area contributed by atoms with Crippen LogP contribution in [0.15, 0.2) is 61.2 Å². The molecule has 0 unspecified atom stereocenters. The van der Waals surface area contributed by atoms with Gasteiger partial charge in [0.25, 0.3) is 0 Å². The maximum atomic E-state index is 11.9. The number of nitrogens with two attached hydrogens (primary N) is 1. The SMILES string of the molecule is Cl.Nc1cccc(Cn2nc(C(=O)O)c3c2-c2ccc(OCc4cncnc4)cc2CC3)c1. The van der Waals surface area contributed by atoms with Crippen LogP contribution in [0, 0.1) is 0 Å². The molecule has 0 atom stereocenters. The number of benzene rings is 2. The molecule has 168 valence electrons. The molecule has 0 bridgehead atoms. The number of aryl methyl sites for hydroxylation is 1. The lowest BCUT2D eigenvalue weighted by atomic mass is 9.88. The number of halogens is 1. The number of anilines is 1. The van der Waals surface area contributed by atoms with Crippen molar-refractivity contribution in [2.45, 2.75) is 26.0 Å². The molecule has 0 amide bonds. The summed E-state index contributed by atoms with van der Waals surface area (Å²) in [6, 6.07) is 13.4. The third kappa shape index (κ3) is 4.51. The van der Waals surface area contributed by atoms with Gasteiger partial charge in [0.15, 0.2) is 5.69 Å². The second-order valence-corrected chi connectivity index (χ2v) is 7.74. The number of hydrogen-bond donors (Lipinski definition) is 2. The average molecular weight is 464 g/mol. The molecule has 2 aromatic carbocycles. The van der Waals surface area contributed by atoms with Crippen molar-refractivity contribution in [2.75, 3.05) is 5.73 Å². The van der Waals surface area contributed by atoms with Gasteiger partial charge < -0.3 is 15.6 Å². The summed E-state index contributed by atoms with van der Waals surface area (Å²) in [5.74, 6) is -0.266. The Morgan fingerprint density at radius 2 is 1.91 bits per heavy atom. The Bertz CT molecular complexity index is 1310. The molecule has 1 aliphatic carbocycles. The van der Waals surface area contributed by atoms with Crippen molar-refractivity contribution in [1.82, 2.24) is 19.7 Å². The number of hydrogen-bond acceptors (Lipinski definition) is 6. The first-order valence-corrected chi connectivity index (χ1v) is 10.3. The molecule has 2 aromatic heterocycles. The van der Waals surface area contributed by atoms with Crippen molar-refractivity contribution >= 4 is 24.1 Å². The number of carboxylic acids is 1. The van der Waals surface area contributed by atoms with Gasteiger partial charge >= 0.3 is 5.97 Å². The van der Waals surface area contributed by atoms with Gasteiger partial charge in [-0.1, -0.05) is 12.1 Å². The number of rotatable bonds is 6. The Labute approximate surface area is 196 Å². The zero-order valence-electron chi connectivity index (χ0n) is 17.6.